The van der Waals surface area contributed by atoms with Crippen molar-refractivity contribution in [3.05, 3.63) is 23.7 Å². The van der Waals surface area contributed by atoms with Gasteiger partial charge in [-0.2, -0.15) is 9.61 Å². The fourth-order valence-corrected chi connectivity index (χ4v) is 3.98. The van der Waals surface area contributed by atoms with Gasteiger partial charge in [-0.1, -0.05) is 0 Å². The van der Waals surface area contributed by atoms with E-state index in [0.717, 1.165) is 43.9 Å². The molecular weight excluding hydrogens is 332 g/mol. The molecule has 0 radical (unpaired) electrons. The Bertz CT molecular complexity index is 799. The van der Waals surface area contributed by atoms with Crippen molar-refractivity contribution in [1.82, 2.24) is 30.0 Å². The zero-order valence-electron chi connectivity index (χ0n) is 14.8. The molecule has 1 saturated carbocycles. The molecule has 138 valence electrons. The predicted molar refractivity (Wildman–Crippen MR) is 93.9 cm³/mol. The van der Waals surface area contributed by atoms with E-state index in [-0.39, 0.29) is 18.6 Å². The van der Waals surface area contributed by atoms with Crippen LogP contribution in [-0.2, 0) is 9.53 Å². The fraction of sp³-hybridized carbons (Fsp3) is 0.667. The minimum atomic E-state index is -0.0169. The average molecular weight is 356 g/mol. The van der Waals surface area contributed by atoms with Crippen molar-refractivity contribution < 1.29 is 9.53 Å². The molecule has 8 heteroatoms. The predicted octanol–water partition coefficient (Wildman–Crippen LogP) is 0.696. The number of hydrogen-bond acceptors (Lipinski definition) is 6. The molecule has 0 aromatic carbocycles. The highest BCUT2D eigenvalue weighted by Gasteiger charge is 2.29. The normalized spacial score (nSPS) is 25.5. The van der Waals surface area contributed by atoms with Gasteiger partial charge in [0.2, 0.25) is 5.91 Å². The van der Waals surface area contributed by atoms with Crippen LogP contribution in [0.4, 0.5) is 0 Å². The number of ether oxygens (including phenoxy) is 1. The standard InChI is InChI=1S/C18H24N6O2/c25-17-11-26-14(9-19-17)10-23-7-5-13(6-8-23)18-21-20-16-4-3-15(12-1-2-12)22-24(16)18/h3-4,12-14H,1-2,5-11H2,(H,19,25). The molecule has 26 heavy (non-hydrogen) atoms. The smallest absolute Gasteiger partial charge is 0.246 e. The second kappa shape index (κ2) is 6.59. The Labute approximate surface area is 151 Å². The molecule has 2 aromatic heterocycles. The van der Waals surface area contributed by atoms with E-state index in [1.807, 2.05) is 10.6 Å². The van der Waals surface area contributed by atoms with E-state index < -0.39 is 0 Å². The lowest BCUT2D eigenvalue weighted by atomic mass is 9.96. The minimum Gasteiger partial charge on any atom is -0.365 e. The summed E-state index contributed by atoms with van der Waals surface area (Å²) < 4.78 is 7.57. The first-order valence-electron chi connectivity index (χ1n) is 9.59. The Balaban J connectivity index is 1.23. The van der Waals surface area contributed by atoms with Crippen LogP contribution in [0.25, 0.3) is 5.65 Å². The maximum absolute atomic E-state index is 11.2. The van der Waals surface area contributed by atoms with E-state index in [0.29, 0.717) is 18.4 Å². The van der Waals surface area contributed by atoms with Crippen LogP contribution in [0, 0.1) is 0 Å². The maximum atomic E-state index is 11.2. The quantitative estimate of drug-likeness (QED) is 0.868. The van der Waals surface area contributed by atoms with Gasteiger partial charge >= 0.3 is 0 Å². The summed E-state index contributed by atoms with van der Waals surface area (Å²) in [7, 11) is 0. The summed E-state index contributed by atoms with van der Waals surface area (Å²) in [5.41, 5.74) is 2.02. The Morgan fingerprint density at radius 2 is 1.96 bits per heavy atom. The van der Waals surface area contributed by atoms with Crippen LogP contribution >= 0.6 is 0 Å². The maximum Gasteiger partial charge on any atom is 0.246 e. The molecule has 1 unspecified atom stereocenters. The Morgan fingerprint density at radius 3 is 2.69 bits per heavy atom. The third kappa shape index (κ3) is 3.19. The van der Waals surface area contributed by atoms with Crippen LogP contribution in [-0.4, -0.2) is 69.5 Å². The van der Waals surface area contributed by atoms with Gasteiger partial charge in [-0.25, -0.2) is 0 Å². The number of likely N-dealkylation sites (tertiary alicyclic amines) is 1. The second-order valence-corrected chi connectivity index (χ2v) is 7.67. The van der Waals surface area contributed by atoms with Gasteiger partial charge in [-0.15, -0.1) is 10.2 Å². The van der Waals surface area contributed by atoms with Gasteiger partial charge in [0.25, 0.3) is 0 Å². The van der Waals surface area contributed by atoms with Crippen LogP contribution in [0.5, 0.6) is 0 Å². The van der Waals surface area contributed by atoms with Gasteiger partial charge in [0, 0.05) is 24.9 Å². The van der Waals surface area contributed by atoms with E-state index >= 15 is 0 Å². The first-order valence-corrected chi connectivity index (χ1v) is 9.59. The lowest BCUT2D eigenvalue weighted by molar-refractivity contribution is -0.134. The van der Waals surface area contributed by atoms with Crippen LogP contribution in [0.1, 0.15) is 49.0 Å². The number of nitrogens with zero attached hydrogens (tertiary/aromatic N) is 5. The highest BCUT2D eigenvalue weighted by atomic mass is 16.5. The number of hydrogen-bond donors (Lipinski definition) is 1. The van der Waals surface area contributed by atoms with E-state index in [9.17, 15) is 4.79 Å². The van der Waals surface area contributed by atoms with Crippen molar-refractivity contribution in [3.63, 3.8) is 0 Å². The third-order valence-electron chi connectivity index (χ3n) is 5.69. The molecule has 1 amide bonds. The molecule has 1 aliphatic carbocycles. The average Bonchev–Trinajstić information content (AvgIpc) is 3.44. The van der Waals surface area contributed by atoms with Gasteiger partial charge in [-0.3, -0.25) is 4.79 Å². The molecule has 2 saturated heterocycles. The third-order valence-corrected chi connectivity index (χ3v) is 5.69. The Morgan fingerprint density at radius 1 is 1.12 bits per heavy atom. The van der Waals surface area contributed by atoms with Gasteiger partial charge in [0.05, 0.1) is 11.8 Å². The Kier molecular flexibility index (Phi) is 4.09. The fourth-order valence-electron chi connectivity index (χ4n) is 3.98. The topological polar surface area (TPSA) is 84.7 Å². The van der Waals surface area contributed by atoms with Gasteiger partial charge in [-0.05, 0) is 50.9 Å². The monoisotopic (exact) mass is 356 g/mol. The van der Waals surface area contributed by atoms with Crippen molar-refractivity contribution >= 4 is 11.6 Å². The van der Waals surface area contributed by atoms with Crippen molar-refractivity contribution in [2.45, 2.75) is 43.6 Å². The van der Waals surface area contributed by atoms with Crippen molar-refractivity contribution in [1.29, 1.82) is 0 Å². The number of piperidine rings is 1. The SMILES string of the molecule is O=C1COC(CN2CCC(c3nnc4ccc(C5CC5)nn34)CC2)CN1. The lowest BCUT2D eigenvalue weighted by Gasteiger charge is -2.34. The summed E-state index contributed by atoms with van der Waals surface area (Å²) in [5.74, 6) is 2.02. The molecule has 4 heterocycles. The zero-order valence-corrected chi connectivity index (χ0v) is 14.8. The molecule has 2 aliphatic heterocycles. The highest BCUT2D eigenvalue weighted by Crippen LogP contribution is 2.39. The number of aromatic nitrogens is 4. The molecule has 1 atom stereocenters. The van der Waals surface area contributed by atoms with E-state index in [1.165, 1.54) is 18.5 Å². The molecule has 3 aliphatic rings. The van der Waals surface area contributed by atoms with Crippen molar-refractivity contribution in [2.24, 2.45) is 0 Å². The summed E-state index contributed by atoms with van der Waals surface area (Å²) >= 11 is 0. The summed E-state index contributed by atoms with van der Waals surface area (Å²) in [5, 5.41) is 16.4. The first-order chi connectivity index (χ1) is 12.8. The number of fused-ring (bicyclic) bond motifs is 1. The van der Waals surface area contributed by atoms with E-state index in [2.05, 4.69) is 26.5 Å². The number of nitrogens with one attached hydrogen (secondary N) is 1. The lowest BCUT2D eigenvalue weighted by Crippen LogP contribution is -2.49. The number of amides is 1. The second-order valence-electron chi connectivity index (χ2n) is 7.67. The molecule has 2 aromatic rings. The number of morpholine rings is 1. The molecule has 0 spiro atoms. The molecular formula is C18H24N6O2. The first kappa shape index (κ1) is 16.1. The van der Waals surface area contributed by atoms with Crippen LogP contribution < -0.4 is 5.32 Å². The van der Waals surface area contributed by atoms with Crippen LogP contribution in [0.15, 0.2) is 12.1 Å². The summed E-state index contributed by atoms with van der Waals surface area (Å²) in [6.07, 6.45) is 4.70. The van der Waals surface area contributed by atoms with Gasteiger partial charge in [0.1, 0.15) is 6.61 Å². The summed E-state index contributed by atoms with van der Waals surface area (Å²) in [6, 6.07) is 4.14. The largest absolute Gasteiger partial charge is 0.365 e. The van der Waals surface area contributed by atoms with Gasteiger partial charge in [0.15, 0.2) is 11.5 Å². The number of rotatable bonds is 4. The number of carbonyl (C=O) groups excluding carboxylic acids is 1. The van der Waals surface area contributed by atoms with Crippen LogP contribution in [0.3, 0.4) is 0 Å². The molecule has 5 rings (SSSR count). The summed E-state index contributed by atoms with van der Waals surface area (Å²) in [4.78, 5) is 13.6. The van der Waals surface area contributed by atoms with E-state index in [4.69, 9.17) is 9.84 Å². The summed E-state index contributed by atoms with van der Waals surface area (Å²) in [6.45, 7) is 3.69. The minimum absolute atomic E-state index is 0.0169. The molecule has 3 fully saturated rings. The van der Waals surface area contributed by atoms with Gasteiger partial charge < -0.3 is 15.0 Å². The van der Waals surface area contributed by atoms with Crippen molar-refractivity contribution in [3.8, 4) is 0 Å². The molecule has 1 N–H and O–H groups in total. The van der Waals surface area contributed by atoms with Crippen LogP contribution in [0.2, 0.25) is 0 Å². The highest BCUT2D eigenvalue weighted by molar-refractivity contribution is 5.77. The zero-order chi connectivity index (χ0) is 17.5. The van der Waals surface area contributed by atoms with Crippen molar-refractivity contribution in [2.75, 3.05) is 32.8 Å². The molecule has 0 bridgehead atoms. The molecule has 8 nitrogen and oxygen atoms in total. The number of carbonyl (C=O) groups is 1. The Hall–Kier alpha value is -2.06. The van der Waals surface area contributed by atoms with E-state index in [1.54, 1.807) is 0 Å².